The lowest BCUT2D eigenvalue weighted by molar-refractivity contribution is -0.163. The molecule has 0 saturated heterocycles. The molecule has 5 heteroatoms. The van der Waals surface area contributed by atoms with E-state index >= 15 is 0 Å². The molecule has 0 radical (unpaired) electrons. The lowest BCUT2D eigenvalue weighted by Crippen LogP contribution is -2.20. The van der Waals surface area contributed by atoms with Gasteiger partial charge in [0.25, 0.3) is 0 Å². The van der Waals surface area contributed by atoms with Crippen LogP contribution in [0.1, 0.15) is 13.3 Å². The van der Waals surface area contributed by atoms with Gasteiger partial charge < -0.3 is 10.5 Å². The Morgan fingerprint density at radius 3 is 2.27 bits per heavy atom. The number of ketones is 1. The Bertz CT molecular complexity index is 187. The fraction of sp³-hybridized carbons (Fsp3) is 0.500. The summed E-state index contributed by atoms with van der Waals surface area (Å²) in [7, 11) is 0. The van der Waals surface area contributed by atoms with Crippen LogP contribution in [0, 0.1) is 0 Å². The van der Waals surface area contributed by atoms with Gasteiger partial charge in [0.1, 0.15) is 0 Å². The number of nitrogens with two attached hydrogens (primary N) is 1. The van der Waals surface area contributed by atoms with Crippen molar-refractivity contribution in [2.75, 3.05) is 6.54 Å². The molecule has 0 atom stereocenters. The highest BCUT2D eigenvalue weighted by Gasteiger charge is 2.13. The summed E-state index contributed by atoms with van der Waals surface area (Å²) in [5.41, 5.74) is 4.98. The average Bonchev–Trinajstić information content (AvgIpc) is 1.87. The Morgan fingerprint density at radius 1 is 1.36 bits per heavy atom. The Kier molecular flexibility index (Phi) is 4.05. The van der Waals surface area contributed by atoms with E-state index in [2.05, 4.69) is 4.74 Å². The fourth-order valence-electron chi connectivity index (χ4n) is 0.344. The summed E-state index contributed by atoms with van der Waals surface area (Å²) in [6, 6.07) is 0. The third-order valence-electron chi connectivity index (χ3n) is 0.842. The minimum atomic E-state index is -1.14. The number of esters is 2. The van der Waals surface area contributed by atoms with Crippen LogP contribution in [0.15, 0.2) is 0 Å². The highest BCUT2D eigenvalue weighted by atomic mass is 16.6. The van der Waals surface area contributed by atoms with Gasteiger partial charge >= 0.3 is 11.9 Å². The maximum absolute atomic E-state index is 10.5. The van der Waals surface area contributed by atoms with Gasteiger partial charge in [-0.25, -0.2) is 4.79 Å². The van der Waals surface area contributed by atoms with Crippen molar-refractivity contribution >= 4 is 17.7 Å². The monoisotopic (exact) mass is 159 g/mol. The summed E-state index contributed by atoms with van der Waals surface area (Å²) >= 11 is 0. The average molecular weight is 159 g/mol. The Hall–Kier alpha value is -1.23. The SMILES string of the molecule is CC(=O)C(=O)OC(=O)CCN. The number of Topliss-reactive ketones (excluding diaryl/α,β-unsaturated/α-hetero) is 1. The van der Waals surface area contributed by atoms with E-state index < -0.39 is 17.7 Å². The van der Waals surface area contributed by atoms with Gasteiger partial charge in [0.15, 0.2) is 0 Å². The third kappa shape index (κ3) is 4.21. The number of rotatable bonds is 3. The molecule has 0 bridgehead atoms. The van der Waals surface area contributed by atoms with Crippen LogP contribution in [-0.4, -0.2) is 24.3 Å². The van der Waals surface area contributed by atoms with E-state index in [9.17, 15) is 14.4 Å². The van der Waals surface area contributed by atoms with Crippen molar-refractivity contribution in [3.8, 4) is 0 Å². The molecule has 0 aliphatic carbocycles. The van der Waals surface area contributed by atoms with Crippen LogP contribution in [0.2, 0.25) is 0 Å². The van der Waals surface area contributed by atoms with Gasteiger partial charge in [-0.1, -0.05) is 0 Å². The Labute approximate surface area is 63.5 Å². The van der Waals surface area contributed by atoms with Gasteiger partial charge in [0.05, 0.1) is 6.42 Å². The fourth-order valence-corrected chi connectivity index (χ4v) is 0.344. The second kappa shape index (κ2) is 4.56. The number of hydrogen-bond acceptors (Lipinski definition) is 5. The summed E-state index contributed by atoms with van der Waals surface area (Å²) in [6.45, 7) is 1.13. The van der Waals surface area contributed by atoms with Crippen LogP contribution >= 0.6 is 0 Å². The molecule has 0 amide bonds. The molecule has 11 heavy (non-hydrogen) atoms. The molecule has 0 fully saturated rings. The molecule has 0 unspecified atom stereocenters. The molecule has 2 N–H and O–H groups in total. The van der Waals surface area contributed by atoms with Crippen molar-refractivity contribution in [1.82, 2.24) is 0 Å². The highest BCUT2D eigenvalue weighted by Crippen LogP contribution is 1.86. The second-order valence-corrected chi connectivity index (χ2v) is 1.86. The van der Waals surface area contributed by atoms with Crippen molar-refractivity contribution in [2.45, 2.75) is 13.3 Å². The Balaban J connectivity index is 3.76. The minimum absolute atomic E-state index is 0.0565. The lowest BCUT2D eigenvalue weighted by Gasteiger charge is -1.96. The number of hydrogen-bond donors (Lipinski definition) is 1. The normalized spacial score (nSPS) is 8.91. The maximum atomic E-state index is 10.5. The second-order valence-electron chi connectivity index (χ2n) is 1.86. The molecule has 0 aromatic heterocycles. The number of carbonyl (C=O) groups is 3. The molecule has 0 aromatic carbocycles. The van der Waals surface area contributed by atoms with Crippen molar-refractivity contribution in [3.63, 3.8) is 0 Å². The molecule has 0 aliphatic rings. The van der Waals surface area contributed by atoms with E-state index in [-0.39, 0.29) is 13.0 Å². The van der Waals surface area contributed by atoms with E-state index in [4.69, 9.17) is 5.73 Å². The van der Waals surface area contributed by atoms with E-state index in [0.29, 0.717) is 0 Å². The summed E-state index contributed by atoms with van der Waals surface area (Å²) < 4.78 is 4.04. The zero-order chi connectivity index (χ0) is 8.85. The zero-order valence-electron chi connectivity index (χ0n) is 6.12. The summed E-state index contributed by atoms with van der Waals surface area (Å²) in [5.74, 6) is -2.70. The Morgan fingerprint density at radius 2 is 1.91 bits per heavy atom. The van der Waals surface area contributed by atoms with E-state index in [1.54, 1.807) is 0 Å². The molecule has 0 spiro atoms. The smallest absolute Gasteiger partial charge is 0.381 e. The summed E-state index contributed by atoms with van der Waals surface area (Å²) in [4.78, 5) is 31.1. The van der Waals surface area contributed by atoms with Crippen LogP contribution < -0.4 is 5.73 Å². The first kappa shape index (κ1) is 9.77. The molecular weight excluding hydrogens is 150 g/mol. The van der Waals surface area contributed by atoms with E-state index in [1.165, 1.54) is 0 Å². The van der Waals surface area contributed by atoms with Gasteiger partial charge in [0.2, 0.25) is 5.78 Å². The first-order chi connectivity index (χ1) is 5.07. The van der Waals surface area contributed by atoms with Crippen molar-refractivity contribution < 1.29 is 19.1 Å². The highest BCUT2D eigenvalue weighted by molar-refractivity contribution is 6.34. The number of ether oxygens (including phenoxy) is 1. The molecule has 0 aliphatic heterocycles. The summed E-state index contributed by atoms with van der Waals surface area (Å²) in [6.07, 6.45) is -0.0565. The van der Waals surface area contributed by atoms with Crippen molar-refractivity contribution in [1.29, 1.82) is 0 Å². The zero-order valence-corrected chi connectivity index (χ0v) is 6.12. The lowest BCUT2D eigenvalue weighted by atomic mass is 10.4. The van der Waals surface area contributed by atoms with Crippen LogP contribution in [-0.2, 0) is 19.1 Å². The standard InChI is InChI=1S/C6H9NO4/c1-4(8)6(10)11-5(9)2-3-7/h2-3,7H2,1H3. The minimum Gasteiger partial charge on any atom is -0.387 e. The molecule has 0 aromatic rings. The van der Waals surface area contributed by atoms with Gasteiger partial charge in [-0.3, -0.25) is 9.59 Å². The maximum Gasteiger partial charge on any atom is 0.381 e. The van der Waals surface area contributed by atoms with Gasteiger partial charge in [-0.2, -0.15) is 0 Å². The first-order valence-corrected chi connectivity index (χ1v) is 3.03. The van der Waals surface area contributed by atoms with Crippen LogP contribution in [0.4, 0.5) is 0 Å². The van der Waals surface area contributed by atoms with E-state index in [0.717, 1.165) is 6.92 Å². The van der Waals surface area contributed by atoms with Crippen LogP contribution in [0.25, 0.3) is 0 Å². The van der Waals surface area contributed by atoms with Crippen molar-refractivity contribution in [2.24, 2.45) is 5.73 Å². The third-order valence-corrected chi connectivity index (χ3v) is 0.842. The van der Waals surface area contributed by atoms with Gasteiger partial charge in [-0.05, 0) is 0 Å². The van der Waals surface area contributed by atoms with Crippen molar-refractivity contribution in [3.05, 3.63) is 0 Å². The number of carbonyl (C=O) groups excluding carboxylic acids is 3. The molecule has 5 nitrogen and oxygen atoms in total. The van der Waals surface area contributed by atoms with Crippen LogP contribution in [0.5, 0.6) is 0 Å². The molecule has 62 valence electrons. The predicted molar refractivity (Wildman–Crippen MR) is 35.5 cm³/mol. The largest absolute Gasteiger partial charge is 0.387 e. The quantitative estimate of drug-likeness (QED) is 0.324. The molecular formula is C6H9NO4. The topological polar surface area (TPSA) is 86.5 Å². The predicted octanol–water partition coefficient (Wildman–Crippen LogP) is -1.01. The molecule has 0 rings (SSSR count). The molecule has 0 saturated carbocycles. The first-order valence-electron chi connectivity index (χ1n) is 3.03. The van der Waals surface area contributed by atoms with Crippen LogP contribution in [0.3, 0.4) is 0 Å². The van der Waals surface area contributed by atoms with E-state index in [1.807, 2.05) is 0 Å². The van der Waals surface area contributed by atoms with Gasteiger partial charge in [0, 0.05) is 13.5 Å². The summed E-state index contributed by atoms with van der Waals surface area (Å²) in [5, 5.41) is 0. The van der Waals surface area contributed by atoms with Gasteiger partial charge in [-0.15, -0.1) is 0 Å². The molecule has 0 heterocycles.